The maximum Gasteiger partial charge on any atom is 0.249 e. The molecule has 0 aliphatic carbocycles. The van der Waals surface area contributed by atoms with Crippen molar-refractivity contribution in [3.8, 4) is 11.3 Å². The van der Waals surface area contributed by atoms with Crippen molar-refractivity contribution in [2.45, 2.75) is 0 Å². The molecule has 132 valence electrons. The molecule has 0 unspecified atom stereocenters. The molecule has 3 aromatic carbocycles. The number of aromatic nitrogens is 1. The fourth-order valence-corrected chi connectivity index (χ4v) is 3.07. The number of anilines is 1. The van der Waals surface area contributed by atoms with Gasteiger partial charge in [-0.3, -0.25) is 9.78 Å². The summed E-state index contributed by atoms with van der Waals surface area (Å²) in [6.45, 7) is 0. The molecule has 4 rings (SSSR count). The molecule has 27 heavy (non-hydrogen) atoms. The number of pyridine rings is 1. The molecular weight excluding hydrogens is 360 g/mol. The van der Waals surface area contributed by atoms with E-state index in [0.29, 0.717) is 10.1 Å². The Balaban J connectivity index is 1.63. The third kappa shape index (κ3) is 3.40. The van der Waals surface area contributed by atoms with Gasteiger partial charge in [-0.1, -0.05) is 54.1 Å². The van der Waals surface area contributed by atoms with E-state index in [1.165, 1.54) is 18.3 Å². The van der Waals surface area contributed by atoms with Crippen LogP contribution in [-0.2, 0) is 0 Å². The SMILES string of the molecule is O=C(c1ccc(-c2cccc3ccccc23)nc1)N([O-])c1ccc(Cl)cc1. The lowest BCUT2D eigenvalue weighted by Gasteiger charge is -2.28. The molecule has 0 radical (unpaired) electrons. The zero-order valence-electron chi connectivity index (χ0n) is 14.2. The molecular formula is C22H14ClN2O2-. The molecule has 1 amide bonds. The molecule has 0 saturated heterocycles. The summed E-state index contributed by atoms with van der Waals surface area (Å²) in [5, 5.41) is 15.3. The normalized spacial score (nSPS) is 10.7. The minimum atomic E-state index is -0.672. The van der Waals surface area contributed by atoms with E-state index in [4.69, 9.17) is 11.6 Å². The largest absolute Gasteiger partial charge is 0.751 e. The number of hydrogen-bond acceptors (Lipinski definition) is 3. The van der Waals surface area contributed by atoms with E-state index in [-0.39, 0.29) is 11.3 Å². The Morgan fingerprint density at radius 1 is 0.889 bits per heavy atom. The Hall–Kier alpha value is -3.21. The molecule has 4 aromatic rings. The molecule has 5 heteroatoms. The third-order valence-corrected chi connectivity index (χ3v) is 4.57. The quantitative estimate of drug-likeness (QED) is 0.433. The molecule has 0 atom stereocenters. The number of fused-ring (bicyclic) bond motifs is 1. The maximum atomic E-state index is 12.4. The maximum absolute atomic E-state index is 12.4. The van der Waals surface area contributed by atoms with Crippen molar-refractivity contribution < 1.29 is 4.79 Å². The van der Waals surface area contributed by atoms with Crippen molar-refractivity contribution in [3.63, 3.8) is 0 Å². The lowest BCUT2D eigenvalue weighted by Crippen LogP contribution is -2.24. The number of nitrogens with zero attached hydrogens (tertiary/aromatic N) is 2. The van der Waals surface area contributed by atoms with E-state index < -0.39 is 5.91 Å². The lowest BCUT2D eigenvalue weighted by molar-refractivity contribution is 0.0997. The van der Waals surface area contributed by atoms with Gasteiger partial charge in [0.25, 0.3) is 0 Å². The molecule has 0 N–H and O–H groups in total. The zero-order valence-corrected chi connectivity index (χ0v) is 14.9. The predicted molar refractivity (Wildman–Crippen MR) is 109 cm³/mol. The summed E-state index contributed by atoms with van der Waals surface area (Å²) in [7, 11) is 0. The van der Waals surface area contributed by atoms with E-state index in [1.54, 1.807) is 24.3 Å². The van der Waals surface area contributed by atoms with E-state index in [1.807, 2.05) is 42.5 Å². The molecule has 0 aliphatic rings. The Morgan fingerprint density at radius 3 is 2.37 bits per heavy atom. The minimum absolute atomic E-state index is 0.225. The van der Waals surface area contributed by atoms with Gasteiger partial charge in [0.2, 0.25) is 5.91 Å². The van der Waals surface area contributed by atoms with E-state index in [2.05, 4.69) is 4.98 Å². The molecule has 1 heterocycles. The Kier molecular flexibility index (Phi) is 4.59. The van der Waals surface area contributed by atoms with Crippen LogP contribution in [0.1, 0.15) is 10.4 Å². The van der Waals surface area contributed by atoms with Gasteiger partial charge < -0.3 is 10.3 Å². The molecule has 0 saturated carbocycles. The molecule has 0 spiro atoms. The first-order valence-corrected chi connectivity index (χ1v) is 8.72. The monoisotopic (exact) mass is 373 g/mol. The minimum Gasteiger partial charge on any atom is -0.751 e. The standard InChI is InChI=1S/C22H14ClN2O2/c23-17-9-11-18(12-10-17)25(27)22(26)16-8-13-21(24-14-16)20-7-3-5-15-4-1-2-6-19(15)20/h1-14H/q-1. The van der Waals surface area contributed by atoms with Gasteiger partial charge in [0, 0.05) is 22.5 Å². The van der Waals surface area contributed by atoms with Crippen LogP contribution in [-0.4, -0.2) is 10.9 Å². The highest BCUT2D eigenvalue weighted by atomic mass is 35.5. The fourth-order valence-electron chi connectivity index (χ4n) is 2.94. The van der Waals surface area contributed by atoms with Crippen LogP contribution in [0.3, 0.4) is 0 Å². The van der Waals surface area contributed by atoms with Crippen molar-refractivity contribution in [1.82, 2.24) is 4.98 Å². The fraction of sp³-hybridized carbons (Fsp3) is 0. The number of carbonyl (C=O) groups is 1. The van der Waals surface area contributed by atoms with Crippen LogP contribution >= 0.6 is 11.6 Å². The number of amides is 1. The summed E-state index contributed by atoms with van der Waals surface area (Å²) in [6, 6.07) is 23.5. The highest BCUT2D eigenvalue weighted by Gasteiger charge is 2.11. The van der Waals surface area contributed by atoms with Crippen LogP contribution in [0.4, 0.5) is 5.69 Å². The first kappa shape index (κ1) is 17.2. The zero-order chi connectivity index (χ0) is 18.8. The van der Waals surface area contributed by atoms with Crippen molar-refractivity contribution in [2.24, 2.45) is 0 Å². The van der Waals surface area contributed by atoms with E-state index >= 15 is 0 Å². The number of hydroxylamine groups is 1. The number of hydrogen-bond donors (Lipinski definition) is 0. The Labute approximate surface area is 161 Å². The van der Waals surface area contributed by atoms with Crippen LogP contribution in [0, 0.1) is 5.21 Å². The van der Waals surface area contributed by atoms with Crippen molar-refractivity contribution in [3.05, 3.63) is 101 Å². The number of rotatable bonds is 3. The van der Waals surface area contributed by atoms with Crippen LogP contribution in [0.2, 0.25) is 5.02 Å². The number of benzene rings is 3. The second kappa shape index (κ2) is 7.19. The molecule has 0 bridgehead atoms. The Morgan fingerprint density at radius 2 is 1.63 bits per heavy atom. The average molecular weight is 374 g/mol. The van der Waals surface area contributed by atoms with Gasteiger partial charge in [0.1, 0.15) is 0 Å². The van der Waals surface area contributed by atoms with E-state index in [9.17, 15) is 10.0 Å². The van der Waals surface area contributed by atoms with Crippen LogP contribution < -0.4 is 5.06 Å². The number of carbonyl (C=O) groups excluding carboxylic acids is 1. The van der Waals surface area contributed by atoms with Crippen molar-refractivity contribution in [1.29, 1.82) is 0 Å². The van der Waals surface area contributed by atoms with E-state index in [0.717, 1.165) is 22.0 Å². The smallest absolute Gasteiger partial charge is 0.249 e. The summed E-state index contributed by atoms with van der Waals surface area (Å²) in [6.07, 6.45) is 1.43. The van der Waals surface area contributed by atoms with Gasteiger partial charge in [0.15, 0.2) is 0 Å². The highest BCUT2D eigenvalue weighted by Crippen LogP contribution is 2.27. The second-order valence-corrected chi connectivity index (χ2v) is 6.47. The van der Waals surface area contributed by atoms with Gasteiger partial charge in [-0.2, -0.15) is 0 Å². The van der Waals surface area contributed by atoms with Crippen LogP contribution in [0.5, 0.6) is 0 Å². The first-order chi connectivity index (χ1) is 13.1. The third-order valence-electron chi connectivity index (χ3n) is 4.32. The van der Waals surface area contributed by atoms with Crippen LogP contribution in [0.25, 0.3) is 22.0 Å². The predicted octanol–water partition coefficient (Wildman–Crippen LogP) is 5.70. The number of halogens is 1. The van der Waals surface area contributed by atoms with Gasteiger partial charge in [0.05, 0.1) is 11.3 Å². The van der Waals surface area contributed by atoms with Gasteiger partial charge in [-0.15, -0.1) is 0 Å². The average Bonchev–Trinajstić information content (AvgIpc) is 2.73. The van der Waals surface area contributed by atoms with Gasteiger partial charge in [-0.05, 0) is 47.2 Å². The summed E-state index contributed by atoms with van der Waals surface area (Å²) in [4.78, 5) is 16.8. The highest BCUT2D eigenvalue weighted by molar-refractivity contribution is 6.30. The van der Waals surface area contributed by atoms with Crippen LogP contribution in [0.15, 0.2) is 85.1 Å². The topological polar surface area (TPSA) is 56.3 Å². The molecule has 4 nitrogen and oxygen atoms in total. The first-order valence-electron chi connectivity index (χ1n) is 8.35. The molecule has 0 fully saturated rings. The summed E-state index contributed by atoms with van der Waals surface area (Å²) < 4.78 is 0. The van der Waals surface area contributed by atoms with Crippen molar-refractivity contribution in [2.75, 3.05) is 5.06 Å². The Bertz CT molecular complexity index is 1100. The van der Waals surface area contributed by atoms with Crippen molar-refractivity contribution >= 4 is 34.0 Å². The van der Waals surface area contributed by atoms with Gasteiger partial charge >= 0.3 is 0 Å². The molecule has 1 aromatic heterocycles. The summed E-state index contributed by atoms with van der Waals surface area (Å²) in [5.74, 6) is -0.672. The lowest BCUT2D eigenvalue weighted by atomic mass is 10.0. The van der Waals surface area contributed by atoms with Gasteiger partial charge in [-0.25, -0.2) is 0 Å². The molecule has 0 aliphatic heterocycles. The summed E-state index contributed by atoms with van der Waals surface area (Å²) >= 11 is 5.81. The second-order valence-electron chi connectivity index (χ2n) is 6.03. The summed E-state index contributed by atoms with van der Waals surface area (Å²) in [5.41, 5.74) is 2.17.